The van der Waals surface area contributed by atoms with Crippen molar-refractivity contribution < 1.29 is 6.85 Å². The van der Waals surface area contributed by atoms with Crippen LogP contribution in [0.15, 0.2) is 176 Å². The van der Waals surface area contributed by atoms with Gasteiger partial charge in [-0.15, -0.1) is 11.3 Å². The molecule has 0 radical (unpaired) electrons. The maximum Gasteiger partial charge on any atom is 0.0629 e. The van der Waals surface area contributed by atoms with Gasteiger partial charge in [-0.25, -0.2) is 0 Å². The maximum atomic E-state index is 8.45. The van der Waals surface area contributed by atoms with Crippen LogP contribution in [0.3, 0.4) is 0 Å². The Hall–Kier alpha value is -5.44. The molecular weight excluding hydrogens is 551 g/mol. The molecule has 0 atom stereocenters. The van der Waals surface area contributed by atoms with Gasteiger partial charge in [0, 0.05) is 37.2 Å². The second-order valence-corrected chi connectivity index (χ2v) is 11.7. The first-order valence-electron chi connectivity index (χ1n) is 17.0. The lowest BCUT2D eigenvalue weighted by molar-refractivity contribution is 1.28. The third-order valence-electron chi connectivity index (χ3n) is 7.98. The first kappa shape index (κ1) is 21.3. The summed E-state index contributed by atoms with van der Waals surface area (Å²) in [6, 6.07) is 48.5. The normalized spacial score (nSPS) is 12.8. The Balaban J connectivity index is 1.19. The molecule has 0 bridgehead atoms. The highest BCUT2D eigenvalue weighted by molar-refractivity contribution is 7.25. The number of anilines is 3. The molecule has 0 spiro atoms. The monoisotopic (exact) mass is 584 g/mol. The van der Waals surface area contributed by atoms with Crippen molar-refractivity contribution in [3.8, 4) is 33.4 Å². The molecule has 8 rings (SSSR count). The van der Waals surface area contributed by atoms with Gasteiger partial charge in [-0.1, -0.05) is 121 Å². The summed E-state index contributed by atoms with van der Waals surface area (Å²) in [5.41, 5.74) is 8.10. The smallest absolute Gasteiger partial charge is 0.0629 e. The van der Waals surface area contributed by atoms with Crippen LogP contribution >= 0.6 is 11.3 Å². The zero-order valence-electron chi connectivity index (χ0n) is 28.7. The molecule has 1 heterocycles. The highest BCUT2D eigenvalue weighted by atomic mass is 32.1. The van der Waals surface area contributed by atoms with E-state index in [2.05, 4.69) is 108 Å². The van der Waals surface area contributed by atoms with Crippen molar-refractivity contribution in [2.45, 2.75) is 0 Å². The minimum atomic E-state index is -0.396. The molecule has 0 saturated carbocycles. The van der Waals surface area contributed by atoms with Gasteiger partial charge in [-0.3, -0.25) is 0 Å². The lowest BCUT2D eigenvalue weighted by atomic mass is 10.0. The van der Waals surface area contributed by atoms with E-state index in [1.165, 1.54) is 20.2 Å². The molecule has 0 aliphatic heterocycles. The van der Waals surface area contributed by atoms with E-state index in [1.54, 1.807) is 0 Å². The van der Waals surface area contributed by atoms with Crippen LogP contribution in [0.5, 0.6) is 0 Å². The lowest BCUT2D eigenvalue weighted by Crippen LogP contribution is -2.09. The predicted octanol–water partition coefficient (Wildman–Crippen LogP) is 12.5. The Labute approximate surface area is 269 Å². The molecule has 0 fully saturated rings. The number of fused-ring (bicyclic) bond motifs is 3. The number of rotatable bonds is 6. The maximum absolute atomic E-state index is 8.45. The van der Waals surface area contributed by atoms with E-state index in [1.807, 2.05) is 53.8 Å². The van der Waals surface area contributed by atoms with Crippen LogP contribution in [0.1, 0.15) is 6.85 Å². The number of nitrogens with zero attached hydrogens (tertiary/aromatic N) is 1. The van der Waals surface area contributed by atoms with Gasteiger partial charge in [0.2, 0.25) is 0 Å². The van der Waals surface area contributed by atoms with Gasteiger partial charge in [0.05, 0.1) is 6.85 Å². The van der Waals surface area contributed by atoms with Gasteiger partial charge < -0.3 is 4.90 Å². The largest absolute Gasteiger partial charge is 0.311 e. The molecule has 1 aromatic heterocycles. The Morgan fingerprint density at radius 3 is 1.50 bits per heavy atom. The molecule has 208 valence electrons. The average molecular weight is 585 g/mol. The molecule has 0 saturated heterocycles. The van der Waals surface area contributed by atoms with E-state index in [9.17, 15) is 0 Å². The Morgan fingerprint density at radius 1 is 0.386 bits per heavy atom. The van der Waals surface area contributed by atoms with Crippen molar-refractivity contribution in [2.75, 3.05) is 4.90 Å². The molecule has 1 nitrogen and oxygen atoms in total. The molecule has 0 aliphatic rings. The second-order valence-electron chi connectivity index (χ2n) is 10.7. The highest BCUT2D eigenvalue weighted by Gasteiger charge is 2.14. The average Bonchev–Trinajstić information content (AvgIpc) is 3.53. The Kier molecular flexibility index (Phi) is 5.48. The van der Waals surface area contributed by atoms with Gasteiger partial charge in [-0.2, -0.15) is 0 Å². The van der Waals surface area contributed by atoms with Gasteiger partial charge >= 0.3 is 0 Å². The van der Waals surface area contributed by atoms with Crippen molar-refractivity contribution in [3.63, 3.8) is 0 Å². The number of hydrogen-bond acceptors (Lipinski definition) is 2. The van der Waals surface area contributed by atoms with Gasteiger partial charge in [-0.05, 0) is 88.0 Å². The number of thiophene rings is 1. The summed E-state index contributed by atoms with van der Waals surface area (Å²) in [6.07, 6.45) is 0. The fourth-order valence-electron chi connectivity index (χ4n) is 5.76. The minimum absolute atomic E-state index is 0.191. The topological polar surface area (TPSA) is 3.24 Å². The van der Waals surface area contributed by atoms with E-state index in [-0.39, 0.29) is 29.7 Å². The summed E-state index contributed by atoms with van der Waals surface area (Å²) >= 11 is 1.82. The highest BCUT2D eigenvalue weighted by Crippen LogP contribution is 2.39. The molecule has 7 aromatic carbocycles. The summed E-state index contributed by atoms with van der Waals surface area (Å²) in [6.45, 7) is 0. The van der Waals surface area contributed by atoms with E-state index < -0.39 is 6.04 Å². The van der Waals surface area contributed by atoms with Crippen LogP contribution < -0.4 is 4.90 Å². The zero-order valence-corrected chi connectivity index (χ0v) is 24.5. The minimum Gasteiger partial charge on any atom is -0.311 e. The second kappa shape index (κ2) is 11.3. The number of hydrogen-bond donors (Lipinski definition) is 0. The van der Waals surface area contributed by atoms with Gasteiger partial charge in [0.15, 0.2) is 0 Å². The van der Waals surface area contributed by atoms with Crippen LogP contribution in [0.2, 0.25) is 0 Å². The standard InChI is InChI=1S/C42H29NS/c1-3-9-30(10-4-1)32-15-22-36(23-16-32)43(37-24-17-33(18-25-37)31-11-5-2-6-12-31)38-26-19-34(20-27-38)35-21-28-42-40(29-35)39-13-7-8-14-41(39)44-42/h1-29H/i1D,3D,4D,9D,10D. The lowest BCUT2D eigenvalue weighted by Gasteiger charge is -2.26. The predicted molar refractivity (Wildman–Crippen MR) is 190 cm³/mol. The fourth-order valence-corrected chi connectivity index (χ4v) is 6.85. The SMILES string of the molecule is [2H]c1c([2H])c([2H])c(-c2ccc(N(c3ccc(-c4ccccc4)cc3)c3ccc(-c4ccc5sc6ccccc6c5c4)cc3)cc2)c([2H])c1[2H]. The zero-order chi connectivity index (χ0) is 33.6. The third-order valence-corrected chi connectivity index (χ3v) is 9.13. The van der Waals surface area contributed by atoms with Crippen LogP contribution in [-0.2, 0) is 0 Å². The van der Waals surface area contributed by atoms with E-state index in [4.69, 9.17) is 6.85 Å². The molecule has 0 N–H and O–H groups in total. The number of benzene rings is 7. The van der Waals surface area contributed by atoms with E-state index in [0.29, 0.717) is 5.56 Å². The van der Waals surface area contributed by atoms with Crippen molar-refractivity contribution in [1.82, 2.24) is 0 Å². The van der Waals surface area contributed by atoms with Crippen LogP contribution in [0, 0.1) is 0 Å². The van der Waals surface area contributed by atoms with E-state index in [0.717, 1.165) is 39.3 Å². The summed E-state index contributed by atoms with van der Waals surface area (Å²) < 4.78 is 43.7. The summed E-state index contributed by atoms with van der Waals surface area (Å²) in [7, 11) is 0. The van der Waals surface area contributed by atoms with Crippen molar-refractivity contribution in [1.29, 1.82) is 0 Å². The molecule has 2 heteroatoms. The van der Waals surface area contributed by atoms with Crippen LogP contribution in [-0.4, -0.2) is 0 Å². The van der Waals surface area contributed by atoms with E-state index >= 15 is 0 Å². The summed E-state index contributed by atoms with van der Waals surface area (Å²) in [4.78, 5) is 2.17. The first-order chi connectivity index (χ1) is 23.9. The first-order valence-corrected chi connectivity index (χ1v) is 15.3. The molecule has 8 aromatic rings. The van der Waals surface area contributed by atoms with Crippen molar-refractivity contribution in [3.05, 3.63) is 176 Å². The van der Waals surface area contributed by atoms with Crippen LogP contribution in [0.4, 0.5) is 17.1 Å². The molecule has 0 unspecified atom stereocenters. The fraction of sp³-hybridized carbons (Fsp3) is 0. The molecule has 0 amide bonds. The van der Waals surface area contributed by atoms with Crippen LogP contribution in [0.25, 0.3) is 53.6 Å². The van der Waals surface area contributed by atoms with Gasteiger partial charge in [0.1, 0.15) is 0 Å². The summed E-state index contributed by atoms with van der Waals surface area (Å²) in [5, 5.41) is 2.54. The molecule has 0 aliphatic carbocycles. The van der Waals surface area contributed by atoms with Gasteiger partial charge in [0.25, 0.3) is 0 Å². The Morgan fingerprint density at radius 2 is 0.864 bits per heavy atom. The quantitative estimate of drug-likeness (QED) is 0.188. The van der Waals surface area contributed by atoms with Crippen molar-refractivity contribution in [2.24, 2.45) is 0 Å². The van der Waals surface area contributed by atoms with Crippen molar-refractivity contribution >= 4 is 48.6 Å². The molecule has 44 heavy (non-hydrogen) atoms. The molecular formula is C42H29NS. The third kappa shape index (κ3) is 4.96. The summed E-state index contributed by atoms with van der Waals surface area (Å²) in [5.74, 6) is 0. The Bertz CT molecular complexity index is 2440.